The number of para-hydroxylation sites is 1. The molecular formula is C25H27N5O6. The van der Waals surface area contributed by atoms with E-state index in [4.69, 9.17) is 9.47 Å². The first-order valence-electron chi connectivity index (χ1n) is 12.0. The molecule has 0 saturated carbocycles. The summed E-state index contributed by atoms with van der Waals surface area (Å²) >= 11 is 0. The number of amides is 2. The number of ether oxygens (including phenoxy) is 2. The molecule has 36 heavy (non-hydrogen) atoms. The fraction of sp³-hybridized carbons (Fsp3) is 0.480. The molecule has 2 fully saturated rings. The minimum Gasteiger partial charge on any atom is -0.461 e. The van der Waals surface area contributed by atoms with Crippen LogP contribution in [0.25, 0.3) is 11.0 Å². The fourth-order valence-corrected chi connectivity index (χ4v) is 6.21. The summed E-state index contributed by atoms with van der Waals surface area (Å²) in [5.41, 5.74) is -1.04. The molecule has 5 heterocycles. The number of aliphatic hydroxyl groups excluding tert-OH is 1. The Morgan fingerprint density at radius 3 is 2.75 bits per heavy atom. The van der Waals surface area contributed by atoms with Gasteiger partial charge < -0.3 is 24.4 Å². The third kappa shape index (κ3) is 3.02. The van der Waals surface area contributed by atoms with Crippen LogP contribution in [0.3, 0.4) is 0 Å². The van der Waals surface area contributed by atoms with Crippen LogP contribution in [-0.4, -0.2) is 90.7 Å². The van der Waals surface area contributed by atoms with Crippen LogP contribution in [0.15, 0.2) is 48.6 Å². The first-order valence-corrected chi connectivity index (χ1v) is 12.0. The number of carbonyl (C=O) groups is 3. The van der Waals surface area contributed by atoms with Crippen molar-refractivity contribution in [3.63, 3.8) is 0 Å². The van der Waals surface area contributed by atoms with E-state index in [-0.39, 0.29) is 32.3 Å². The summed E-state index contributed by atoms with van der Waals surface area (Å²) in [6.07, 6.45) is 7.01. The van der Waals surface area contributed by atoms with Crippen molar-refractivity contribution in [2.24, 2.45) is 11.8 Å². The normalized spacial score (nSPS) is 34.3. The molecular weight excluding hydrogens is 466 g/mol. The molecule has 4 aliphatic rings. The lowest BCUT2D eigenvalue weighted by Gasteiger charge is -2.39. The van der Waals surface area contributed by atoms with Gasteiger partial charge >= 0.3 is 5.97 Å². The van der Waals surface area contributed by atoms with Gasteiger partial charge in [0.05, 0.1) is 29.7 Å². The van der Waals surface area contributed by atoms with Crippen molar-refractivity contribution in [1.29, 1.82) is 0 Å². The van der Waals surface area contributed by atoms with Crippen molar-refractivity contribution >= 4 is 28.8 Å². The number of fused-ring (bicyclic) bond motifs is 3. The number of carbonyl (C=O) groups excluding carboxylic acids is 3. The lowest BCUT2D eigenvalue weighted by molar-refractivity contribution is -0.160. The van der Waals surface area contributed by atoms with Crippen LogP contribution in [0.2, 0.25) is 0 Å². The number of rotatable bonds is 4. The molecule has 2 aromatic rings. The fourth-order valence-electron chi connectivity index (χ4n) is 6.21. The van der Waals surface area contributed by atoms with Gasteiger partial charge in [-0.25, -0.2) is 4.68 Å². The van der Waals surface area contributed by atoms with E-state index >= 15 is 0 Å². The monoisotopic (exact) mass is 493 g/mol. The Kier molecular flexibility index (Phi) is 5.06. The molecule has 1 unspecified atom stereocenters. The van der Waals surface area contributed by atoms with Crippen LogP contribution in [0.1, 0.15) is 13.8 Å². The average Bonchev–Trinajstić information content (AvgIpc) is 3.39. The maximum Gasteiger partial charge on any atom is 0.313 e. The Bertz CT molecular complexity index is 1320. The third-order valence-electron chi connectivity index (χ3n) is 7.80. The van der Waals surface area contributed by atoms with E-state index in [2.05, 4.69) is 10.3 Å². The van der Waals surface area contributed by atoms with Crippen molar-refractivity contribution in [2.45, 2.75) is 43.8 Å². The largest absolute Gasteiger partial charge is 0.461 e. The molecule has 11 nitrogen and oxygen atoms in total. The Morgan fingerprint density at radius 2 is 1.94 bits per heavy atom. The van der Waals surface area contributed by atoms with Gasteiger partial charge in [-0.15, -0.1) is 5.10 Å². The second-order valence-electron chi connectivity index (χ2n) is 9.99. The summed E-state index contributed by atoms with van der Waals surface area (Å²) in [5, 5.41) is 18.4. The number of cyclic esters (lactones) is 1. The Balaban J connectivity index is 1.44. The van der Waals surface area contributed by atoms with E-state index in [1.165, 1.54) is 4.90 Å². The highest BCUT2D eigenvalue weighted by molar-refractivity contribution is 5.99. The summed E-state index contributed by atoms with van der Waals surface area (Å²) < 4.78 is 13.6. The summed E-state index contributed by atoms with van der Waals surface area (Å²) in [7, 11) is 0. The van der Waals surface area contributed by atoms with Gasteiger partial charge in [-0.1, -0.05) is 35.6 Å². The van der Waals surface area contributed by atoms with Gasteiger partial charge in [0.1, 0.15) is 36.4 Å². The predicted molar refractivity (Wildman–Crippen MR) is 125 cm³/mol. The van der Waals surface area contributed by atoms with Crippen molar-refractivity contribution in [1.82, 2.24) is 24.8 Å². The molecule has 1 N–H and O–H groups in total. The average molecular weight is 494 g/mol. The molecule has 0 aliphatic carbocycles. The Morgan fingerprint density at radius 1 is 1.14 bits per heavy atom. The molecule has 6 atom stereocenters. The van der Waals surface area contributed by atoms with Gasteiger partial charge in [-0.05, 0) is 32.1 Å². The molecule has 4 aliphatic heterocycles. The molecule has 6 rings (SSSR count). The molecule has 0 bridgehead atoms. The smallest absolute Gasteiger partial charge is 0.313 e. The zero-order valence-corrected chi connectivity index (χ0v) is 20.0. The van der Waals surface area contributed by atoms with Gasteiger partial charge in [-0.3, -0.25) is 14.4 Å². The predicted octanol–water partition coefficient (Wildman–Crippen LogP) is 0.252. The lowest BCUT2D eigenvalue weighted by Crippen LogP contribution is -2.58. The van der Waals surface area contributed by atoms with E-state index < -0.39 is 47.0 Å². The zero-order valence-electron chi connectivity index (χ0n) is 20.0. The Hall–Kier alpha value is -3.57. The topological polar surface area (TPSA) is 127 Å². The summed E-state index contributed by atoms with van der Waals surface area (Å²) in [4.78, 5) is 44.2. The summed E-state index contributed by atoms with van der Waals surface area (Å²) in [5.74, 6) is -3.19. The second-order valence-corrected chi connectivity index (χ2v) is 9.99. The van der Waals surface area contributed by atoms with E-state index in [0.717, 1.165) is 5.52 Å². The molecule has 2 amide bonds. The highest BCUT2D eigenvalue weighted by Gasteiger charge is 2.75. The Labute approximate surface area is 206 Å². The first kappa shape index (κ1) is 22.9. The van der Waals surface area contributed by atoms with Crippen LogP contribution >= 0.6 is 0 Å². The van der Waals surface area contributed by atoms with Gasteiger partial charge in [0.2, 0.25) is 5.91 Å². The van der Waals surface area contributed by atoms with Crippen molar-refractivity contribution in [3.05, 3.63) is 48.6 Å². The molecule has 1 aromatic heterocycles. The molecule has 11 heteroatoms. The van der Waals surface area contributed by atoms with Crippen molar-refractivity contribution in [3.8, 4) is 0 Å². The molecule has 2 saturated heterocycles. The highest BCUT2D eigenvalue weighted by Crippen LogP contribution is 2.57. The summed E-state index contributed by atoms with van der Waals surface area (Å²) in [6, 6.07) is 5.71. The quantitative estimate of drug-likeness (QED) is 0.475. The van der Waals surface area contributed by atoms with E-state index in [1.807, 2.05) is 24.3 Å². The van der Waals surface area contributed by atoms with Crippen LogP contribution in [0.4, 0.5) is 0 Å². The minimum atomic E-state index is -1.39. The molecule has 1 aromatic carbocycles. The number of hydrogen-bond donors (Lipinski definition) is 1. The lowest BCUT2D eigenvalue weighted by atomic mass is 9.75. The van der Waals surface area contributed by atoms with Gasteiger partial charge in [-0.2, -0.15) is 0 Å². The van der Waals surface area contributed by atoms with Crippen LogP contribution in [0, 0.1) is 11.8 Å². The van der Waals surface area contributed by atoms with E-state index in [0.29, 0.717) is 5.52 Å². The SMILES string of the molecule is C[C@H](CO)N1C(=O)[C@@H]2[C@@H]3C(=O)OCC=C[C@]3(C)O[C@@]23C=CCN(Cn2nnc4ccccc42)C(=O)C13. The number of hydrogen-bond acceptors (Lipinski definition) is 8. The number of nitrogens with zero attached hydrogens (tertiary/aromatic N) is 5. The van der Waals surface area contributed by atoms with Crippen LogP contribution in [-0.2, 0) is 30.5 Å². The maximum atomic E-state index is 14.2. The van der Waals surface area contributed by atoms with E-state index in [1.54, 1.807) is 47.7 Å². The highest BCUT2D eigenvalue weighted by atomic mass is 16.6. The number of aromatic nitrogens is 3. The van der Waals surface area contributed by atoms with Gasteiger partial charge in [0.25, 0.3) is 5.91 Å². The molecule has 1 spiro atoms. The molecule has 188 valence electrons. The minimum absolute atomic E-state index is 0.0940. The number of likely N-dealkylation sites (tertiary alicyclic amines) is 1. The number of benzene rings is 1. The van der Waals surface area contributed by atoms with Crippen molar-refractivity contribution < 1.29 is 29.0 Å². The third-order valence-corrected chi connectivity index (χ3v) is 7.80. The molecule has 0 radical (unpaired) electrons. The van der Waals surface area contributed by atoms with Gasteiger partial charge in [0.15, 0.2) is 0 Å². The number of aliphatic hydroxyl groups is 1. The second kappa shape index (κ2) is 7.97. The summed E-state index contributed by atoms with van der Waals surface area (Å²) in [6.45, 7) is 3.53. The maximum absolute atomic E-state index is 14.2. The van der Waals surface area contributed by atoms with Crippen LogP contribution in [0.5, 0.6) is 0 Å². The van der Waals surface area contributed by atoms with Gasteiger partial charge in [0, 0.05) is 6.54 Å². The van der Waals surface area contributed by atoms with E-state index in [9.17, 15) is 19.5 Å². The number of esters is 1. The van der Waals surface area contributed by atoms with Crippen molar-refractivity contribution in [2.75, 3.05) is 19.8 Å². The zero-order chi connectivity index (χ0) is 25.2. The standard InChI is InChI=1S/C25H27N5O6/c1-15(13-31)30-20-22(33)28(14-29-17-8-4-3-7-16(17)26-27-29)11-5-10-25(20)18(21(30)32)19-23(34)35-12-6-9-24(19,2)36-25/h3-10,15,18-20,31H,11-14H2,1-2H3/t15-,18+,19-,20?,24+,25+/m1/s1. The van der Waals surface area contributed by atoms with Crippen LogP contribution < -0.4 is 0 Å². The first-order chi connectivity index (χ1) is 17.3.